The summed E-state index contributed by atoms with van der Waals surface area (Å²) in [4.78, 5) is 12.7. The number of carbonyl (C=O) groups excluding carboxylic acids is 1. The molecule has 0 saturated heterocycles. The van der Waals surface area contributed by atoms with Gasteiger partial charge in [-0.1, -0.05) is 67.1 Å². The number of benzene rings is 3. The Balaban J connectivity index is 1.42. The summed E-state index contributed by atoms with van der Waals surface area (Å²) >= 11 is 0. The van der Waals surface area contributed by atoms with E-state index >= 15 is 0 Å². The molecular weight excluding hydrogens is 404 g/mol. The van der Waals surface area contributed by atoms with E-state index < -0.39 is 0 Å². The quantitative estimate of drug-likeness (QED) is 0.382. The van der Waals surface area contributed by atoms with Gasteiger partial charge in [0.1, 0.15) is 0 Å². The number of amides is 1. The Hall–Kier alpha value is -3.59. The van der Waals surface area contributed by atoms with Crippen LogP contribution in [0.1, 0.15) is 46.1 Å². The van der Waals surface area contributed by atoms with Gasteiger partial charge in [0.15, 0.2) is 0 Å². The van der Waals surface area contributed by atoms with Crippen LogP contribution in [0, 0.1) is 12.8 Å². The molecule has 0 aliphatic heterocycles. The minimum atomic E-state index is -0.0474. The van der Waals surface area contributed by atoms with E-state index in [0.29, 0.717) is 12.1 Å². The smallest absolute Gasteiger partial charge is 0.251 e. The standard InChI is InChI=1S/C30H30N2O/c1-21-8-11-23(12-9-21)20-31-30(33)25-13-15-27(16-14-25)32-28-17-10-22(2)18-26(28)19-29(32)24-6-4-3-5-7-24/h3-9,11-16,19,22H,10,17-18,20H2,1-2H3,(H,31,33)/t22-/m0/s1. The van der Waals surface area contributed by atoms with Crippen molar-refractivity contribution in [1.82, 2.24) is 9.88 Å². The number of fused-ring (bicyclic) bond motifs is 1. The third kappa shape index (κ3) is 4.49. The number of nitrogens with one attached hydrogen (secondary N) is 1. The highest BCUT2D eigenvalue weighted by Crippen LogP contribution is 2.35. The summed E-state index contributed by atoms with van der Waals surface area (Å²) in [6.07, 6.45) is 3.43. The van der Waals surface area contributed by atoms with Crippen LogP contribution >= 0.6 is 0 Å². The summed E-state index contributed by atoms with van der Waals surface area (Å²) in [6.45, 7) is 4.93. The van der Waals surface area contributed by atoms with Crippen molar-refractivity contribution in [3.63, 3.8) is 0 Å². The second kappa shape index (κ2) is 9.11. The van der Waals surface area contributed by atoms with Crippen LogP contribution in [0.4, 0.5) is 0 Å². The first-order valence-electron chi connectivity index (χ1n) is 11.8. The van der Waals surface area contributed by atoms with Crippen LogP contribution in [-0.4, -0.2) is 10.5 Å². The molecule has 0 unspecified atom stereocenters. The van der Waals surface area contributed by atoms with Crippen LogP contribution < -0.4 is 5.32 Å². The van der Waals surface area contributed by atoms with Crippen LogP contribution in [0.3, 0.4) is 0 Å². The minimum Gasteiger partial charge on any atom is -0.348 e. The molecule has 4 aromatic rings. The van der Waals surface area contributed by atoms with E-state index in [4.69, 9.17) is 0 Å². The maximum absolute atomic E-state index is 12.7. The normalized spacial score (nSPS) is 15.2. The average Bonchev–Trinajstić information content (AvgIpc) is 3.22. The molecule has 0 radical (unpaired) electrons. The van der Waals surface area contributed by atoms with Crippen molar-refractivity contribution in [2.24, 2.45) is 5.92 Å². The Morgan fingerprint density at radius 2 is 1.70 bits per heavy atom. The summed E-state index contributed by atoms with van der Waals surface area (Å²) in [5.74, 6) is 0.672. The number of rotatable bonds is 5. The van der Waals surface area contributed by atoms with E-state index in [1.165, 1.54) is 34.5 Å². The van der Waals surface area contributed by atoms with Crippen LogP contribution in [0.5, 0.6) is 0 Å². The average molecular weight is 435 g/mol. The monoisotopic (exact) mass is 434 g/mol. The first-order chi connectivity index (χ1) is 16.1. The lowest BCUT2D eigenvalue weighted by molar-refractivity contribution is 0.0951. The van der Waals surface area contributed by atoms with Gasteiger partial charge in [0.05, 0.1) is 5.69 Å². The molecule has 0 fully saturated rings. The molecule has 1 amide bonds. The first kappa shape index (κ1) is 21.3. The van der Waals surface area contributed by atoms with Gasteiger partial charge in [-0.15, -0.1) is 0 Å². The molecule has 3 heteroatoms. The Morgan fingerprint density at radius 3 is 2.42 bits per heavy atom. The van der Waals surface area contributed by atoms with Gasteiger partial charge in [-0.3, -0.25) is 4.79 Å². The van der Waals surface area contributed by atoms with Gasteiger partial charge in [0.2, 0.25) is 0 Å². The highest BCUT2D eigenvalue weighted by atomic mass is 16.1. The molecule has 1 aliphatic carbocycles. The van der Waals surface area contributed by atoms with Gasteiger partial charge < -0.3 is 9.88 Å². The fourth-order valence-corrected chi connectivity index (χ4v) is 4.78. The highest BCUT2D eigenvalue weighted by molar-refractivity contribution is 5.94. The van der Waals surface area contributed by atoms with Crippen LogP contribution in [0.25, 0.3) is 16.9 Å². The van der Waals surface area contributed by atoms with E-state index in [1.807, 2.05) is 12.1 Å². The number of nitrogens with zero attached hydrogens (tertiary/aromatic N) is 1. The summed E-state index contributed by atoms with van der Waals surface area (Å²) in [5.41, 5.74) is 9.42. The molecule has 1 heterocycles. The van der Waals surface area contributed by atoms with Crippen molar-refractivity contribution in [1.29, 1.82) is 0 Å². The molecule has 3 aromatic carbocycles. The van der Waals surface area contributed by atoms with Crippen LogP contribution in [0.15, 0.2) is 84.9 Å². The van der Waals surface area contributed by atoms with Gasteiger partial charge in [0, 0.05) is 23.5 Å². The predicted octanol–water partition coefficient (Wildman–Crippen LogP) is 6.51. The van der Waals surface area contributed by atoms with Crippen molar-refractivity contribution < 1.29 is 4.79 Å². The van der Waals surface area contributed by atoms with Gasteiger partial charge in [0.25, 0.3) is 5.91 Å². The maximum atomic E-state index is 12.7. The van der Waals surface area contributed by atoms with Crippen molar-refractivity contribution in [3.8, 4) is 16.9 Å². The van der Waals surface area contributed by atoms with E-state index in [1.54, 1.807) is 0 Å². The van der Waals surface area contributed by atoms with Crippen LogP contribution in [-0.2, 0) is 19.4 Å². The zero-order chi connectivity index (χ0) is 22.8. The molecule has 5 rings (SSSR count). The lowest BCUT2D eigenvalue weighted by Crippen LogP contribution is -2.22. The van der Waals surface area contributed by atoms with E-state index in [-0.39, 0.29) is 5.91 Å². The van der Waals surface area contributed by atoms with Gasteiger partial charge in [-0.2, -0.15) is 0 Å². The second-order valence-corrected chi connectivity index (χ2v) is 9.27. The zero-order valence-electron chi connectivity index (χ0n) is 19.3. The Kier molecular flexibility index (Phi) is 5.87. The van der Waals surface area contributed by atoms with E-state index in [9.17, 15) is 4.79 Å². The van der Waals surface area contributed by atoms with Crippen molar-refractivity contribution >= 4 is 5.91 Å². The van der Waals surface area contributed by atoms with Gasteiger partial charge >= 0.3 is 0 Å². The molecule has 0 bridgehead atoms. The fourth-order valence-electron chi connectivity index (χ4n) is 4.78. The van der Waals surface area contributed by atoms with E-state index in [0.717, 1.165) is 30.0 Å². The van der Waals surface area contributed by atoms with Gasteiger partial charge in [-0.05, 0) is 79.1 Å². The summed E-state index contributed by atoms with van der Waals surface area (Å²) in [5, 5.41) is 3.04. The number of aromatic nitrogens is 1. The topological polar surface area (TPSA) is 34.0 Å². The summed E-state index contributed by atoms with van der Waals surface area (Å²) in [6, 6.07) is 29.2. The fraction of sp³-hybridized carbons (Fsp3) is 0.233. The van der Waals surface area contributed by atoms with Crippen molar-refractivity contribution in [2.75, 3.05) is 0 Å². The van der Waals surface area contributed by atoms with Crippen molar-refractivity contribution in [3.05, 3.63) is 113 Å². The summed E-state index contributed by atoms with van der Waals surface area (Å²) < 4.78 is 2.39. The molecular formula is C30H30N2O. The second-order valence-electron chi connectivity index (χ2n) is 9.27. The number of hydrogen-bond donors (Lipinski definition) is 1. The zero-order valence-corrected chi connectivity index (χ0v) is 19.3. The Morgan fingerprint density at radius 1 is 0.970 bits per heavy atom. The number of carbonyl (C=O) groups is 1. The third-order valence-electron chi connectivity index (χ3n) is 6.67. The largest absolute Gasteiger partial charge is 0.348 e. The van der Waals surface area contributed by atoms with Gasteiger partial charge in [-0.25, -0.2) is 0 Å². The highest BCUT2D eigenvalue weighted by Gasteiger charge is 2.23. The third-order valence-corrected chi connectivity index (χ3v) is 6.67. The molecule has 1 aliphatic rings. The molecule has 1 N–H and O–H groups in total. The number of aryl methyl sites for hydroxylation is 1. The maximum Gasteiger partial charge on any atom is 0.251 e. The summed E-state index contributed by atoms with van der Waals surface area (Å²) in [7, 11) is 0. The lowest BCUT2D eigenvalue weighted by atomic mass is 9.89. The Labute approximate surface area is 196 Å². The first-order valence-corrected chi connectivity index (χ1v) is 11.8. The molecule has 33 heavy (non-hydrogen) atoms. The van der Waals surface area contributed by atoms with E-state index in [2.05, 4.69) is 96.5 Å². The predicted molar refractivity (Wildman–Crippen MR) is 135 cm³/mol. The molecule has 0 saturated carbocycles. The molecule has 1 atom stereocenters. The van der Waals surface area contributed by atoms with Crippen molar-refractivity contribution in [2.45, 2.75) is 39.7 Å². The molecule has 0 spiro atoms. The molecule has 3 nitrogen and oxygen atoms in total. The van der Waals surface area contributed by atoms with Crippen LogP contribution in [0.2, 0.25) is 0 Å². The molecule has 166 valence electrons. The molecule has 1 aromatic heterocycles. The minimum absolute atomic E-state index is 0.0474. The SMILES string of the molecule is Cc1ccc(CNC(=O)c2ccc(-n3c(-c4ccccc4)cc4c3CC[C@H](C)C4)cc2)cc1. The lowest BCUT2D eigenvalue weighted by Gasteiger charge is -2.21. The Bertz CT molecular complexity index is 1250. The number of hydrogen-bond acceptors (Lipinski definition) is 1.